The summed E-state index contributed by atoms with van der Waals surface area (Å²) < 4.78 is 22.5. The van der Waals surface area contributed by atoms with Gasteiger partial charge in [-0.25, -0.2) is 0 Å². The Kier molecular flexibility index (Phi) is 5.04. The molecule has 0 aliphatic carbocycles. The molecule has 0 radical (unpaired) electrons. The lowest BCUT2D eigenvalue weighted by molar-refractivity contribution is -0.0711. The summed E-state index contributed by atoms with van der Waals surface area (Å²) in [5.74, 6) is 0. The van der Waals surface area contributed by atoms with Crippen molar-refractivity contribution in [1.29, 1.82) is 0 Å². The largest absolute Gasteiger partial charge is 0.531 e. The minimum Gasteiger partial charge on any atom is -0.373 e. The van der Waals surface area contributed by atoms with Crippen molar-refractivity contribution in [3.8, 4) is 0 Å². The second-order valence-corrected chi connectivity index (χ2v) is 5.77. The van der Waals surface area contributed by atoms with Crippen LogP contribution in [0.25, 0.3) is 0 Å². The van der Waals surface area contributed by atoms with Crippen LogP contribution in [0.3, 0.4) is 0 Å². The molecular weight excluding hydrogens is 200 g/mol. The molecule has 5 heteroatoms. The van der Waals surface area contributed by atoms with Crippen molar-refractivity contribution in [3.05, 3.63) is 0 Å². The van der Waals surface area contributed by atoms with Crippen LogP contribution < -0.4 is 0 Å². The second kappa shape index (κ2) is 5.82. The van der Waals surface area contributed by atoms with Crippen LogP contribution in [0.4, 0.5) is 0 Å². The van der Waals surface area contributed by atoms with Crippen molar-refractivity contribution in [2.75, 3.05) is 26.4 Å². The molecule has 0 amide bonds. The zero-order chi connectivity index (χ0) is 10.4. The van der Waals surface area contributed by atoms with Gasteiger partial charge >= 0.3 is 8.80 Å². The molecule has 1 rings (SSSR count). The molecule has 1 saturated heterocycles. The van der Waals surface area contributed by atoms with Crippen LogP contribution in [0.2, 0.25) is 0 Å². The molecule has 4 nitrogen and oxygen atoms in total. The van der Waals surface area contributed by atoms with E-state index in [1.807, 2.05) is 20.8 Å². The van der Waals surface area contributed by atoms with Crippen LogP contribution in [0.1, 0.15) is 27.2 Å². The van der Waals surface area contributed by atoms with Gasteiger partial charge in [0, 0.05) is 32.8 Å². The first-order chi connectivity index (χ1) is 6.79. The maximum Gasteiger partial charge on any atom is 0.531 e. The molecule has 0 saturated carbocycles. The highest BCUT2D eigenvalue weighted by Gasteiger charge is 2.53. The third kappa shape index (κ3) is 2.55. The van der Waals surface area contributed by atoms with Gasteiger partial charge in [-0.15, -0.1) is 0 Å². The van der Waals surface area contributed by atoms with Crippen LogP contribution in [-0.4, -0.2) is 41.0 Å². The van der Waals surface area contributed by atoms with E-state index < -0.39 is 8.80 Å². The Morgan fingerprint density at radius 2 is 1.50 bits per heavy atom. The van der Waals surface area contributed by atoms with E-state index >= 15 is 0 Å². The lowest BCUT2D eigenvalue weighted by atomic mass is 10.4. The summed E-state index contributed by atoms with van der Waals surface area (Å²) in [5, 5.41) is 0. The van der Waals surface area contributed by atoms with Crippen molar-refractivity contribution < 1.29 is 18.0 Å². The highest BCUT2D eigenvalue weighted by atomic mass is 28.4. The van der Waals surface area contributed by atoms with Gasteiger partial charge in [-0.05, 0) is 20.8 Å². The number of ether oxygens (including phenoxy) is 1. The zero-order valence-corrected chi connectivity index (χ0v) is 10.2. The summed E-state index contributed by atoms with van der Waals surface area (Å²) in [6.45, 7) is 8.52. The maximum absolute atomic E-state index is 5.68. The van der Waals surface area contributed by atoms with Crippen LogP contribution in [0, 0.1) is 0 Å². The lowest BCUT2D eigenvalue weighted by Crippen LogP contribution is -2.61. The van der Waals surface area contributed by atoms with Gasteiger partial charge < -0.3 is 18.0 Å². The molecule has 1 heterocycles. The van der Waals surface area contributed by atoms with Crippen molar-refractivity contribution in [2.45, 2.75) is 32.9 Å². The van der Waals surface area contributed by atoms with Crippen molar-refractivity contribution in [2.24, 2.45) is 0 Å². The Hall–Kier alpha value is 0.0569. The number of rotatable bonds is 7. The quantitative estimate of drug-likeness (QED) is 0.607. The van der Waals surface area contributed by atoms with Gasteiger partial charge in [0.2, 0.25) is 0 Å². The van der Waals surface area contributed by atoms with E-state index in [4.69, 9.17) is 18.0 Å². The predicted octanol–water partition coefficient (Wildman–Crippen LogP) is 1.36. The molecule has 0 aromatic heterocycles. The average Bonchev–Trinajstić information content (AvgIpc) is 2.02. The van der Waals surface area contributed by atoms with Crippen LogP contribution >= 0.6 is 0 Å². The molecule has 1 aliphatic rings. The van der Waals surface area contributed by atoms with Crippen LogP contribution in [0.15, 0.2) is 0 Å². The Morgan fingerprint density at radius 3 is 1.71 bits per heavy atom. The third-order valence-corrected chi connectivity index (χ3v) is 5.45. The molecule has 0 bridgehead atoms. The van der Waals surface area contributed by atoms with E-state index in [1.165, 1.54) is 0 Å². The molecule has 0 spiro atoms. The highest BCUT2D eigenvalue weighted by molar-refractivity contribution is 6.62. The first kappa shape index (κ1) is 12.1. The molecule has 1 unspecified atom stereocenters. The summed E-state index contributed by atoms with van der Waals surface area (Å²) in [4.78, 5) is 0. The van der Waals surface area contributed by atoms with Crippen molar-refractivity contribution in [1.82, 2.24) is 0 Å². The predicted molar refractivity (Wildman–Crippen MR) is 55.0 cm³/mol. The highest BCUT2D eigenvalue weighted by Crippen LogP contribution is 2.26. The monoisotopic (exact) mass is 220 g/mol. The molecule has 0 aromatic rings. The van der Waals surface area contributed by atoms with E-state index in [9.17, 15) is 0 Å². The van der Waals surface area contributed by atoms with Gasteiger partial charge in [-0.3, -0.25) is 0 Å². The Morgan fingerprint density at radius 1 is 1.07 bits per heavy atom. The summed E-state index contributed by atoms with van der Waals surface area (Å²) >= 11 is 0. The summed E-state index contributed by atoms with van der Waals surface area (Å²) in [6.07, 6.45) is 0.992. The van der Waals surface area contributed by atoms with E-state index in [0.717, 1.165) is 13.0 Å². The third-order valence-electron chi connectivity index (χ3n) is 2.13. The first-order valence-electron chi connectivity index (χ1n) is 5.32. The standard InChI is InChI=1S/C9H20O4Si/c1-4-11-14(12-5-2,13-6-3)9-7-8-10-9/h9H,4-8H2,1-3H3. The molecular formula is C9H20O4Si. The maximum atomic E-state index is 5.68. The smallest absolute Gasteiger partial charge is 0.373 e. The topological polar surface area (TPSA) is 36.9 Å². The van der Waals surface area contributed by atoms with E-state index in [0.29, 0.717) is 19.8 Å². The molecule has 1 aliphatic heterocycles. The molecule has 0 aromatic carbocycles. The summed E-state index contributed by atoms with van der Waals surface area (Å²) in [6, 6.07) is 0. The van der Waals surface area contributed by atoms with Gasteiger partial charge in [-0.1, -0.05) is 0 Å². The first-order valence-corrected chi connectivity index (χ1v) is 7.12. The van der Waals surface area contributed by atoms with Gasteiger partial charge in [0.05, 0.1) is 0 Å². The van der Waals surface area contributed by atoms with Gasteiger partial charge in [-0.2, -0.15) is 0 Å². The summed E-state index contributed by atoms with van der Waals surface area (Å²) in [7, 11) is -2.53. The number of hydrogen-bond acceptors (Lipinski definition) is 4. The molecule has 1 fully saturated rings. The van der Waals surface area contributed by atoms with Crippen molar-refractivity contribution in [3.63, 3.8) is 0 Å². The zero-order valence-electron chi connectivity index (χ0n) is 9.25. The average molecular weight is 220 g/mol. The van der Waals surface area contributed by atoms with Crippen LogP contribution in [-0.2, 0) is 18.0 Å². The van der Waals surface area contributed by atoms with Gasteiger partial charge in [0.1, 0.15) is 5.73 Å². The van der Waals surface area contributed by atoms with Crippen molar-refractivity contribution >= 4 is 8.80 Å². The van der Waals surface area contributed by atoms with Gasteiger partial charge in [0.25, 0.3) is 0 Å². The van der Waals surface area contributed by atoms with Crippen LogP contribution in [0.5, 0.6) is 0 Å². The van der Waals surface area contributed by atoms with E-state index in [1.54, 1.807) is 0 Å². The number of hydrogen-bond donors (Lipinski definition) is 0. The Bertz CT molecular complexity index is 144. The molecule has 14 heavy (non-hydrogen) atoms. The second-order valence-electron chi connectivity index (χ2n) is 3.05. The lowest BCUT2D eigenvalue weighted by Gasteiger charge is -2.39. The minimum absolute atomic E-state index is 0.0577. The fourth-order valence-electron chi connectivity index (χ4n) is 1.52. The fourth-order valence-corrected chi connectivity index (χ4v) is 4.33. The molecule has 1 atom stereocenters. The Labute approximate surface area is 86.9 Å². The van der Waals surface area contributed by atoms with E-state index in [-0.39, 0.29) is 5.73 Å². The summed E-state index contributed by atoms with van der Waals surface area (Å²) in [5.41, 5.74) is 0.0577. The minimum atomic E-state index is -2.53. The molecule has 84 valence electrons. The molecule has 0 N–H and O–H groups in total. The fraction of sp³-hybridized carbons (Fsp3) is 1.00. The van der Waals surface area contributed by atoms with E-state index in [2.05, 4.69) is 0 Å². The Balaban J connectivity index is 2.60. The SMILES string of the molecule is CCO[Si](OCC)(OCC)C1CCO1. The normalized spacial score (nSPS) is 22.1. The van der Waals surface area contributed by atoms with Gasteiger partial charge in [0.15, 0.2) is 0 Å².